The Balaban J connectivity index is 1.28. The highest BCUT2D eigenvalue weighted by Gasteiger charge is 2.45. The zero-order valence-electron chi connectivity index (χ0n) is 26.1. The van der Waals surface area contributed by atoms with Gasteiger partial charge in [0.05, 0.1) is 23.6 Å². The van der Waals surface area contributed by atoms with Crippen LogP contribution in [0.25, 0.3) is 0 Å². The quantitative estimate of drug-likeness (QED) is 0.372. The molecule has 1 amide bonds. The summed E-state index contributed by atoms with van der Waals surface area (Å²) >= 11 is 6.41. The number of hydrogen-bond acceptors (Lipinski definition) is 6. The van der Waals surface area contributed by atoms with Crippen molar-refractivity contribution in [1.29, 1.82) is 0 Å². The highest BCUT2D eigenvalue weighted by Crippen LogP contribution is 2.47. The van der Waals surface area contributed by atoms with Gasteiger partial charge < -0.3 is 14.7 Å². The van der Waals surface area contributed by atoms with Crippen LogP contribution in [0.1, 0.15) is 86.2 Å². The first-order valence-electron chi connectivity index (χ1n) is 16.9. The minimum Gasteiger partial charge on any atom is -0.490 e. The minimum absolute atomic E-state index is 0.132. The van der Waals surface area contributed by atoms with E-state index < -0.39 is 27.3 Å². The van der Waals surface area contributed by atoms with E-state index >= 15 is 0 Å². The van der Waals surface area contributed by atoms with Crippen molar-refractivity contribution in [3.63, 3.8) is 0 Å². The first kappa shape index (κ1) is 31.1. The molecule has 2 aromatic carbocycles. The molecule has 1 spiro atoms. The van der Waals surface area contributed by atoms with Crippen LogP contribution in [0.4, 0.5) is 5.69 Å². The third-order valence-corrected chi connectivity index (χ3v) is 13.5. The van der Waals surface area contributed by atoms with E-state index in [0.717, 1.165) is 62.2 Å². The van der Waals surface area contributed by atoms with Crippen molar-refractivity contribution in [2.24, 2.45) is 23.7 Å². The second-order valence-electron chi connectivity index (χ2n) is 14.3. The van der Waals surface area contributed by atoms with E-state index in [2.05, 4.69) is 21.8 Å². The lowest BCUT2D eigenvalue weighted by Gasteiger charge is -2.45. The number of fused-ring (bicyclic) bond motifs is 4. The van der Waals surface area contributed by atoms with E-state index in [4.69, 9.17) is 16.3 Å². The number of hydrogen-bond donors (Lipinski definition) is 2. The SMILES string of the molecule is CC[C@@H]1C/C=C/C(O)C2CCC2CN2C[C@@]3(CCCc4cc(Cl)ccc43)COc3ccc(cc32)C(=O)NS(=O)(=O)[C@@H]1CC1CC1. The molecule has 5 aliphatic rings. The molecule has 3 aliphatic carbocycles. The Hall–Kier alpha value is -2.55. The summed E-state index contributed by atoms with van der Waals surface area (Å²) in [7, 11) is -3.94. The Labute approximate surface area is 272 Å². The molecule has 45 heavy (non-hydrogen) atoms. The van der Waals surface area contributed by atoms with Gasteiger partial charge in [0, 0.05) is 29.1 Å². The number of ether oxygens (including phenoxy) is 1. The molecule has 6 atom stereocenters. The maximum absolute atomic E-state index is 13.8. The lowest BCUT2D eigenvalue weighted by atomic mass is 9.68. The molecule has 2 bridgehead atoms. The molecule has 7 rings (SSSR count). The number of aryl methyl sites for hydroxylation is 1. The fourth-order valence-corrected chi connectivity index (χ4v) is 10.5. The topological polar surface area (TPSA) is 95.9 Å². The minimum atomic E-state index is -3.94. The maximum atomic E-state index is 13.8. The molecule has 2 N–H and O–H groups in total. The predicted molar refractivity (Wildman–Crippen MR) is 177 cm³/mol. The van der Waals surface area contributed by atoms with Gasteiger partial charge in [0.1, 0.15) is 5.75 Å². The Morgan fingerprint density at radius 1 is 1.13 bits per heavy atom. The van der Waals surface area contributed by atoms with E-state index in [9.17, 15) is 18.3 Å². The van der Waals surface area contributed by atoms with Crippen LogP contribution in [-0.4, -0.2) is 50.5 Å². The first-order chi connectivity index (χ1) is 21.7. The second-order valence-corrected chi connectivity index (χ2v) is 16.6. The van der Waals surface area contributed by atoms with Crippen molar-refractivity contribution in [2.45, 2.75) is 87.9 Å². The number of nitrogens with zero attached hydrogens (tertiary/aromatic N) is 1. The number of benzene rings is 2. The van der Waals surface area contributed by atoms with Gasteiger partial charge in [-0.15, -0.1) is 0 Å². The fourth-order valence-electron chi connectivity index (χ4n) is 8.44. The zero-order chi connectivity index (χ0) is 31.3. The summed E-state index contributed by atoms with van der Waals surface area (Å²) < 4.78 is 36.8. The Morgan fingerprint density at radius 2 is 1.98 bits per heavy atom. The highest BCUT2D eigenvalue weighted by molar-refractivity contribution is 7.90. The van der Waals surface area contributed by atoms with Crippen LogP contribution in [0.15, 0.2) is 48.6 Å². The van der Waals surface area contributed by atoms with Gasteiger partial charge in [0.25, 0.3) is 5.91 Å². The van der Waals surface area contributed by atoms with Gasteiger partial charge in [-0.05, 0) is 110 Å². The first-order valence-corrected chi connectivity index (χ1v) is 18.8. The van der Waals surface area contributed by atoms with Gasteiger partial charge in [-0.1, -0.05) is 56.0 Å². The molecule has 2 aromatic rings. The van der Waals surface area contributed by atoms with Gasteiger partial charge >= 0.3 is 0 Å². The van der Waals surface area contributed by atoms with Gasteiger partial charge in [-0.3, -0.25) is 4.79 Å². The summed E-state index contributed by atoms with van der Waals surface area (Å²) in [6.07, 6.45) is 12.1. The molecular weight excluding hydrogens is 608 g/mol. The van der Waals surface area contributed by atoms with Crippen LogP contribution >= 0.6 is 11.6 Å². The number of rotatable bonds is 3. The highest BCUT2D eigenvalue weighted by atomic mass is 35.5. The number of sulfonamides is 1. The molecule has 2 saturated carbocycles. The van der Waals surface area contributed by atoms with E-state index in [-0.39, 0.29) is 23.2 Å². The molecular formula is C36H45ClN2O5S. The number of allylic oxidation sites excluding steroid dienone is 1. The molecule has 2 fully saturated rings. The number of amides is 1. The van der Waals surface area contributed by atoms with Crippen LogP contribution in [0.5, 0.6) is 5.75 Å². The molecule has 3 unspecified atom stereocenters. The molecule has 0 aromatic heterocycles. The average molecular weight is 653 g/mol. The van der Waals surface area contributed by atoms with Gasteiger partial charge in [0.2, 0.25) is 10.0 Å². The van der Waals surface area contributed by atoms with Gasteiger partial charge in [0.15, 0.2) is 0 Å². The van der Waals surface area contributed by atoms with E-state index in [0.29, 0.717) is 49.6 Å². The third-order valence-electron chi connectivity index (χ3n) is 11.4. The lowest BCUT2D eigenvalue weighted by molar-refractivity contribution is 0.0455. The zero-order valence-corrected chi connectivity index (χ0v) is 27.7. The van der Waals surface area contributed by atoms with Crippen molar-refractivity contribution < 1.29 is 23.1 Å². The number of carbonyl (C=O) groups excluding carboxylic acids is 1. The van der Waals surface area contributed by atoms with Crippen molar-refractivity contribution in [2.75, 3.05) is 24.6 Å². The van der Waals surface area contributed by atoms with Gasteiger partial charge in [-0.2, -0.15) is 0 Å². The number of anilines is 1. The summed E-state index contributed by atoms with van der Waals surface area (Å²) in [5.41, 5.74) is 3.39. The normalized spacial score (nSPS) is 33.5. The molecule has 9 heteroatoms. The van der Waals surface area contributed by atoms with Crippen LogP contribution in [-0.2, 0) is 21.9 Å². The fraction of sp³-hybridized carbons (Fsp3) is 0.583. The number of nitrogens with one attached hydrogen (secondary N) is 1. The molecule has 2 aliphatic heterocycles. The molecule has 7 nitrogen and oxygen atoms in total. The monoisotopic (exact) mass is 652 g/mol. The summed E-state index contributed by atoms with van der Waals surface area (Å²) in [5.74, 6) is 0.777. The number of halogens is 1. The van der Waals surface area contributed by atoms with E-state index in [1.807, 2.05) is 37.3 Å². The smallest absolute Gasteiger partial charge is 0.264 e. The molecule has 242 valence electrons. The van der Waals surface area contributed by atoms with Crippen LogP contribution in [0, 0.1) is 23.7 Å². The lowest BCUT2D eigenvalue weighted by Crippen LogP contribution is -2.49. The Kier molecular flexibility index (Phi) is 8.45. The molecule has 0 radical (unpaired) electrons. The predicted octanol–water partition coefficient (Wildman–Crippen LogP) is 6.41. The van der Waals surface area contributed by atoms with E-state index in [1.165, 1.54) is 11.1 Å². The standard InChI is InChI=1S/C36H45ClN2O5S/c1-2-24-5-3-7-32(40)29-13-10-27(29)20-39-21-36(16-4-6-25-18-28(37)12-14-30(25)36)22-44-33-15-11-26(19-31(33)39)35(41)38-45(42,43)34(24)17-23-8-9-23/h3,7,11-12,14-15,18-19,23-24,27,29,32,34,40H,2,4-6,8-10,13,16-17,20-22H2,1H3,(H,38,41)/b7-3+/t24-,27?,29?,32?,34-,36+/m1/s1. The van der Waals surface area contributed by atoms with Gasteiger partial charge in [-0.25, -0.2) is 13.1 Å². The summed E-state index contributed by atoms with van der Waals surface area (Å²) in [6, 6.07) is 11.5. The van der Waals surface area contributed by atoms with Crippen LogP contribution in [0.3, 0.4) is 0 Å². The van der Waals surface area contributed by atoms with Crippen molar-refractivity contribution in [3.05, 3.63) is 70.3 Å². The molecule has 0 saturated heterocycles. The van der Waals surface area contributed by atoms with Crippen molar-refractivity contribution in [1.82, 2.24) is 4.72 Å². The summed E-state index contributed by atoms with van der Waals surface area (Å²) in [4.78, 5) is 16.0. The summed E-state index contributed by atoms with van der Waals surface area (Å²) in [5, 5.41) is 11.4. The maximum Gasteiger partial charge on any atom is 0.264 e. The molecule has 2 heterocycles. The number of carbonyl (C=O) groups is 1. The average Bonchev–Trinajstić information content (AvgIpc) is 3.83. The van der Waals surface area contributed by atoms with Crippen molar-refractivity contribution >= 4 is 33.2 Å². The number of aliphatic hydroxyl groups is 1. The third kappa shape index (κ3) is 6.15. The van der Waals surface area contributed by atoms with Crippen molar-refractivity contribution in [3.8, 4) is 5.75 Å². The summed E-state index contributed by atoms with van der Waals surface area (Å²) in [6.45, 7) is 3.95. The van der Waals surface area contributed by atoms with E-state index in [1.54, 1.807) is 6.07 Å². The second kappa shape index (κ2) is 12.2. The largest absolute Gasteiger partial charge is 0.490 e. The number of aliphatic hydroxyl groups excluding tert-OH is 1. The Morgan fingerprint density at radius 3 is 2.73 bits per heavy atom. The Bertz CT molecular complexity index is 1590. The van der Waals surface area contributed by atoms with Crippen LogP contribution in [0.2, 0.25) is 5.02 Å². The van der Waals surface area contributed by atoms with Crippen LogP contribution < -0.4 is 14.4 Å².